The third-order valence-electron chi connectivity index (χ3n) is 3.11. The van der Waals surface area contributed by atoms with Crippen molar-refractivity contribution in [3.05, 3.63) is 28.2 Å². The zero-order valence-electron chi connectivity index (χ0n) is 10.5. The lowest BCUT2D eigenvalue weighted by Gasteiger charge is -2.28. The Bertz CT molecular complexity index is 384. The summed E-state index contributed by atoms with van der Waals surface area (Å²) in [6.07, 6.45) is 0.291. The van der Waals surface area contributed by atoms with Crippen LogP contribution in [0.25, 0.3) is 0 Å². The van der Waals surface area contributed by atoms with Crippen LogP contribution in [0.2, 0.25) is 0 Å². The third kappa shape index (κ3) is 3.42. The Morgan fingerprint density at radius 3 is 2.59 bits per heavy atom. The van der Waals surface area contributed by atoms with Gasteiger partial charge in [0.05, 0.1) is 7.11 Å². The molecule has 4 heteroatoms. The smallest absolute Gasteiger partial charge is 0.129 e. The molecule has 1 atom stereocenters. The van der Waals surface area contributed by atoms with Crippen LogP contribution in [0.1, 0.15) is 19.4 Å². The molecule has 0 bridgehead atoms. The van der Waals surface area contributed by atoms with Crippen molar-refractivity contribution in [2.45, 2.75) is 25.9 Å². The second-order valence-electron chi connectivity index (χ2n) is 4.53. The lowest BCUT2D eigenvalue weighted by molar-refractivity contribution is 0.110. The van der Waals surface area contributed by atoms with Crippen molar-refractivity contribution in [1.29, 1.82) is 0 Å². The molecule has 0 aliphatic rings. The SMILES string of the molecule is COc1ccc(Br)c(CC(F)(CN)C(C)C)c1. The van der Waals surface area contributed by atoms with Crippen LogP contribution in [0.3, 0.4) is 0 Å². The zero-order valence-corrected chi connectivity index (χ0v) is 12.1. The largest absolute Gasteiger partial charge is 0.497 e. The van der Waals surface area contributed by atoms with Gasteiger partial charge in [-0.1, -0.05) is 29.8 Å². The Hall–Kier alpha value is -0.610. The van der Waals surface area contributed by atoms with Crippen molar-refractivity contribution in [2.24, 2.45) is 11.7 Å². The van der Waals surface area contributed by atoms with Gasteiger partial charge in [-0.25, -0.2) is 4.39 Å². The summed E-state index contributed by atoms with van der Waals surface area (Å²) < 4.78 is 20.6. The molecule has 0 saturated heterocycles. The molecule has 0 saturated carbocycles. The maximum absolute atomic E-state index is 14.6. The van der Waals surface area contributed by atoms with Crippen molar-refractivity contribution in [1.82, 2.24) is 0 Å². The standard InChI is InChI=1S/C13H19BrFNO/c1-9(2)13(15,8-16)7-10-6-11(17-3)4-5-12(10)14/h4-6,9H,7-8,16H2,1-3H3. The zero-order chi connectivity index (χ0) is 13.1. The predicted octanol–water partition coefficient (Wildman–Crippen LogP) is 3.32. The second-order valence-corrected chi connectivity index (χ2v) is 5.38. The van der Waals surface area contributed by atoms with E-state index in [9.17, 15) is 4.39 Å². The number of alkyl halides is 1. The normalized spacial score (nSPS) is 14.8. The first-order chi connectivity index (χ1) is 7.92. The van der Waals surface area contributed by atoms with E-state index in [1.807, 2.05) is 32.0 Å². The fourth-order valence-corrected chi connectivity index (χ4v) is 2.03. The molecular formula is C13H19BrFNO. The third-order valence-corrected chi connectivity index (χ3v) is 3.88. The number of benzene rings is 1. The highest BCUT2D eigenvalue weighted by atomic mass is 79.9. The first-order valence-corrected chi connectivity index (χ1v) is 6.43. The Balaban J connectivity index is 3.00. The van der Waals surface area contributed by atoms with Gasteiger partial charge in [0.25, 0.3) is 0 Å². The highest BCUT2D eigenvalue weighted by Gasteiger charge is 2.33. The van der Waals surface area contributed by atoms with E-state index in [2.05, 4.69) is 15.9 Å². The molecule has 2 N–H and O–H groups in total. The van der Waals surface area contributed by atoms with Crippen LogP contribution in [-0.2, 0) is 6.42 Å². The summed E-state index contributed by atoms with van der Waals surface area (Å²) in [5.74, 6) is 0.608. The molecular weight excluding hydrogens is 285 g/mol. The Kier molecular flexibility index (Phi) is 4.95. The van der Waals surface area contributed by atoms with Crippen LogP contribution in [0.15, 0.2) is 22.7 Å². The summed E-state index contributed by atoms with van der Waals surface area (Å²) in [5.41, 5.74) is 5.06. The lowest BCUT2D eigenvalue weighted by Crippen LogP contribution is -2.40. The molecule has 2 nitrogen and oxygen atoms in total. The molecule has 17 heavy (non-hydrogen) atoms. The van der Waals surface area contributed by atoms with Gasteiger partial charge in [-0.05, 0) is 29.7 Å². The number of methoxy groups -OCH3 is 1. The summed E-state index contributed by atoms with van der Waals surface area (Å²) in [6, 6.07) is 5.55. The van der Waals surface area contributed by atoms with Gasteiger partial charge in [0.1, 0.15) is 11.4 Å². The highest BCUT2D eigenvalue weighted by molar-refractivity contribution is 9.10. The molecule has 0 aliphatic carbocycles. The quantitative estimate of drug-likeness (QED) is 0.905. The van der Waals surface area contributed by atoms with E-state index in [0.29, 0.717) is 6.42 Å². The van der Waals surface area contributed by atoms with Gasteiger partial charge in [-0.3, -0.25) is 0 Å². The number of nitrogens with two attached hydrogens (primary N) is 1. The fourth-order valence-electron chi connectivity index (χ4n) is 1.64. The van der Waals surface area contributed by atoms with E-state index < -0.39 is 5.67 Å². The minimum absolute atomic E-state index is 0.0221. The van der Waals surface area contributed by atoms with Gasteiger partial charge in [0, 0.05) is 17.4 Å². The summed E-state index contributed by atoms with van der Waals surface area (Å²) in [4.78, 5) is 0. The maximum Gasteiger partial charge on any atom is 0.129 e. The molecule has 0 fully saturated rings. The molecule has 0 radical (unpaired) electrons. The Labute approximate surface area is 110 Å². The monoisotopic (exact) mass is 303 g/mol. The molecule has 0 heterocycles. The van der Waals surface area contributed by atoms with E-state index >= 15 is 0 Å². The van der Waals surface area contributed by atoms with Crippen LogP contribution in [0.5, 0.6) is 5.75 Å². The van der Waals surface area contributed by atoms with Crippen molar-refractivity contribution >= 4 is 15.9 Å². The van der Waals surface area contributed by atoms with Gasteiger partial charge in [-0.2, -0.15) is 0 Å². The fraction of sp³-hybridized carbons (Fsp3) is 0.538. The van der Waals surface area contributed by atoms with Crippen LogP contribution in [-0.4, -0.2) is 19.3 Å². The van der Waals surface area contributed by atoms with E-state index in [0.717, 1.165) is 15.8 Å². The predicted molar refractivity (Wildman–Crippen MR) is 72.1 cm³/mol. The van der Waals surface area contributed by atoms with E-state index in [1.165, 1.54) is 0 Å². The summed E-state index contributed by atoms with van der Waals surface area (Å²) in [5, 5.41) is 0. The van der Waals surface area contributed by atoms with Crippen LogP contribution >= 0.6 is 15.9 Å². The molecule has 0 aliphatic heterocycles. The molecule has 96 valence electrons. The highest BCUT2D eigenvalue weighted by Crippen LogP contribution is 2.31. The van der Waals surface area contributed by atoms with E-state index in [1.54, 1.807) is 7.11 Å². The average Bonchev–Trinajstić information content (AvgIpc) is 2.31. The molecule has 1 rings (SSSR count). The van der Waals surface area contributed by atoms with Crippen LogP contribution in [0, 0.1) is 5.92 Å². The molecule has 1 aromatic carbocycles. The van der Waals surface area contributed by atoms with Crippen molar-refractivity contribution < 1.29 is 9.13 Å². The van der Waals surface area contributed by atoms with Gasteiger partial charge >= 0.3 is 0 Å². The number of halogens is 2. The average molecular weight is 304 g/mol. The Morgan fingerprint density at radius 1 is 1.47 bits per heavy atom. The van der Waals surface area contributed by atoms with E-state index in [-0.39, 0.29) is 12.5 Å². The molecule has 1 unspecified atom stereocenters. The van der Waals surface area contributed by atoms with Crippen molar-refractivity contribution in [3.63, 3.8) is 0 Å². The van der Waals surface area contributed by atoms with Gasteiger partial charge < -0.3 is 10.5 Å². The minimum Gasteiger partial charge on any atom is -0.497 e. The van der Waals surface area contributed by atoms with E-state index in [4.69, 9.17) is 10.5 Å². The summed E-state index contributed by atoms with van der Waals surface area (Å²) in [6.45, 7) is 3.72. The van der Waals surface area contributed by atoms with Gasteiger partial charge in [0.15, 0.2) is 0 Å². The maximum atomic E-state index is 14.6. The molecule has 0 amide bonds. The summed E-state index contributed by atoms with van der Waals surface area (Å²) in [7, 11) is 1.60. The lowest BCUT2D eigenvalue weighted by atomic mass is 9.86. The number of hydrogen-bond acceptors (Lipinski definition) is 2. The van der Waals surface area contributed by atoms with Crippen LogP contribution in [0.4, 0.5) is 4.39 Å². The molecule has 0 spiro atoms. The molecule has 1 aromatic rings. The Morgan fingerprint density at radius 2 is 2.12 bits per heavy atom. The van der Waals surface area contributed by atoms with Crippen LogP contribution < -0.4 is 10.5 Å². The van der Waals surface area contributed by atoms with Gasteiger partial charge in [0.2, 0.25) is 0 Å². The van der Waals surface area contributed by atoms with Crippen molar-refractivity contribution in [3.8, 4) is 5.75 Å². The molecule has 0 aromatic heterocycles. The summed E-state index contributed by atoms with van der Waals surface area (Å²) >= 11 is 3.43. The first kappa shape index (κ1) is 14.5. The number of ether oxygens (including phenoxy) is 1. The van der Waals surface area contributed by atoms with Gasteiger partial charge in [-0.15, -0.1) is 0 Å². The minimum atomic E-state index is -1.38. The second kappa shape index (κ2) is 5.83. The topological polar surface area (TPSA) is 35.2 Å². The number of rotatable bonds is 5. The number of hydrogen-bond donors (Lipinski definition) is 1. The van der Waals surface area contributed by atoms with Crippen molar-refractivity contribution in [2.75, 3.05) is 13.7 Å². The first-order valence-electron chi connectivity index (χ1n) is 5.64.